The van der Waals surface area contributed by atoms with E-state index in [4.69, 9.17) is 0 Å². The van der Waals surface area contributed by atoms with Crippen LogP contribution in [0.4, 0.5) is 5.69 Å². The molecule has 6 nitrogen and oxygen atoms in total. The van der Waals surface area contributed by atoms with Gasteiger partial charge in [-0.15, -0.1) is 0 Å². The van der Waals surface area contributed by atoms with Crippen molar-refractivity contribution in [2.45, 2.75) is 57.0 Å². The fourth-order valence-corrected chi connectivity index (χ4v) is 4.50. The predicted molar refractivity (Wildman–Crippen MR) is 103 cm³/mol. The van der Waals surface area contributed by atoms with Crippen LogP contribution < -0.4 is 10.6 Å². The highest BCUT2D eigenvalue weighted by Gasteiger charge is 2.32. The van der Waals surface area contributed by atoms with E-state index >= 15 is 0 Å². The molecule has 1 aliphatic carbocycles. The number of amides is 1. The fourth-order valence-electron chi connectivity index (χ4n) is 3.55. The standard InChI is InChI=1S/C19H31N3O3S/c1-13-8-6-11-18(14(13)2)20-15(3)19(23)21-16-9-7-10-17(12-16)26(24,25)22(4)5/h7,9-10,12-15,18,20H,6,8,11H2,1-5H3,(H,21,23)/p+1/t13-,14-,15+,18-/m1/s1. The second-order valence-corrected chi connectivity index (χ2v) is 9.87. The molecule has 0 heterocycles. The molecule has 146 valence electrons. The second kappa shape index (κ2) is 8.50. The van der Waals surface area contributed by atoms with Crippen molar-refractivity contribution in [2.24, 2.45) is 11.8 Å². The first kappa shape index (κ1) is 20.9. The number of carbonyl (C=O) groups is 1. The van der Waals surface area contributed by atoms with Crippen molar-refractivity contribution >= 4 is 21.6 Å². The van der Waals surface area contributed by atoms with Gasteiger partial charge in [-0.25, -0.2) is 12.7 Å². The van der Waals surface area contributed by atoms with Gasteiger partial charge in [-0.1, -0.05) is 19.9 Å². The number of hydrogen-bond donors (Lipinski definition) is 2. The number of hydrogen-bond acceptors (Lipinski definition) is 3. The highest BCUT2D eigenvalue weighted by atomic mass is 32.2. The fraction of sp³-hybridized carbons (Fsp3) is 0.632. The summed E-state index contributed by atoms with van der Waals surface area (Å²) in [5.41, 5.74) is 0.503. The first-order valence-electron chi connectivity index (χ1n) is 9.31. The van der Waals surface area contributed by atoms with E-state index in [1.165, 1.54) is 39.1 Å². The molecule has 0 aromatic heterocycles. The minimum absolute atomic E-state index is 0.102. The third-order valence-corrected chi connectivity index (χ3v) is 7.41. The Morgan fingerprint density at radius 1 is 1.27 bits per heavy atom. The molecule has 0 unspecified atom stereocenters. The highest BCUT2D eigenvalue weighted by molar-refractivity contribution is 7.89. The average Bonchev–Trinajstić information content (AvgIpc) is 2.59. The van der Waals surface area contributed by atoms with Crippen molar-refractivity contribution in [2.75, 3.05) is 19.4 Å². The summed E-state index contributed by atoms with van der Waals surface area (Å²) in [7, 11) is -0.537. The Balaban J connectivity index is 2.03. The Bertz CT molecular complexity index is 733. The van der Waals surface area contributed by atoms with E-state index in [1.54, 1.807) is 12.1 Å². The molecule has 1 aliphatic rings. The van der Waals surface area contributed by atoms with Crippen LogP contribution >= 0.6 is 0 Å². The maximum absolute atomic E-state index is 12.6. The van der Waals surface area contributed by atoms with E-state index in [2.05, 4.69) is 24.5 Å². The molecule has 4 atom stereocenters. The lowest BCUT2D eigenvalue weighted by Crippen LogP contribution is -2.97. The highest BCUT2D eigenvalue weighted by Crippen LogP contribution is 2.27. The van der Waals surface area contributed by atoms with Crippen molar-refractivity contribution < 1.29 is 18.5 Å². The van der Waals surface area contributed by atoms with Gasteiger partial charge >= 0.3 is 0 Å². The Morgan fingerprint density at radius 2 is 1.96 bits per heavy atom. The van der Waals surface area contributed by atoms with Gasteiger partial charge in [0.25, 0.3) is 5.91 Å². The zero-order chi connectivity index (χ0) is 19.5. The molecular weight excluding hydrogens is 350 g/mol. The second-order valence-electron chi connectivity index (χ2n) is 7.72. The Kier molecular flexibility index (Phi) is 6.82. The largest absolute Gasteiger partial charge is 0.334 e. The molecule has 0 saturated heterocycles. The average molecular weight is 383 g/mol. The molecule has 1 amide bonds. The van der Waals surface area contributed by atoms with Crippen molar-refractivity contribution in [1.82, 2.24) is 4.31 Å². The van der Waals surface area contributed by atoms with E-state index in [0.29, 0.717) is 23.6 Å². The summed E-state index contributed by atoms with van der Waals surface area (Å²) in [6.45, 7) is 6.46. The first-order chi connectivity index (χ1) is 12.1. The molecule has 1 aromatic carbocycles. The number of nitrogens with one attached hydrogen (secondary N) is 1. The monoisotopic (exact) mass is 382 g/mol. The predicted octanol–water partition coefficient (Wildman–Crippen LogP) is 1.65. The lowest BCUT2D eigenvalue weighted by Gasteiger charge is -2.33. The number of carbonyl (C=O) groups excluding carboxylic acids is 1. The number of nitrogens with zero attached hydrogens (tertiary/aromatic N) is 1. The Hall–Kier alpha value is -1.44. The Morgan fingerprint density at radius 3 is 2.62 bits per heavy atom. The van der Waals surface area contributed by atoms with Crippen LogP contribution in [0.2, 0.25) is 0 Å². The molecule has 2 rings (SSSR count). The number of sulfonamides is 1. The minimum atomic E-state index is -3.52. The van der Waals surface area contributed by atoms with Gasteiger partial charge in [0.15, 0.2) is 6.04 Å². The van der Waals surface area contributed by atoms with E-state index < -0.39 is 10.0 Å². The van der Waals surface area contributed by atoms with Crippen LogP contribution in [0.1, 0.15) is 40.0 Å². The van der Waals surface area contributed by atoms with Gasteiger partial charge in [0.2, 0.25) is 10.0 Å². The Labute approximate surface area is 157 Å². The summed E-state index contributed by atoms with van der Waals surface area (Å²) in [6, 6.07) is 6.63. The summed E-state index contributed by atoms with van der Waals surface area (Å²) in [5, 5.41) is 5.02. The van der Waals surface area contributed by atoms with Gasteiger partial charge in [-0.05, 0) is 50.3 Å². The molecule has 1 aromatic rings. The zero-order valence-electron chi connectivity index (χ0n) is 16.4. The van der Waals surface area contributed by atoms with E-state index in [1.807, 2.05) is 6.92 Å². The number of nitrogens with two attached hydrogens (primary N) is 1. The van der Waals surface area contributed by atoms with E-state index in [0.717, 1.165) is 10.7 Å². The third kappa shape index (κ3) is 4.84. The number of anilines is 1. The molecule has 1 fully saturated rings. The summed E-state index contributed by atoms with van der Waals surface area (Å²) in [5.74, 6) is 1.18. The maximum atomic E-state index is 12.6. The molecule has 3 N–H and O–H groups in total. The van der Waals surface area contributed by atoms with Crippen LogP contribution in [0.3, 0.4) is 0 Å². The van der Waals surface area contributed by atoms with Gasteiger partial charge in [0.1, 0.15) is 0 Å². The molecule has 0 bridgehead atoms. The topological polar surface area (TPSA) is 83.1 Å². The third-order valence-electron chi connectivity index (χ3n) is 5.60. The van der Waals surface area contributed by atoms with Crippen LogP contribution in [-0.4, -0.2) is 44.8 Å². The lowest BCUT2D eigenvalue weighted by atomic mass is 9.78. The van der Waals surface area contributed by atoms with Crippen LogP contribution in [0.5, 0.6) is 0 Å². The van der Waals surface area contributed by atoms with E-state index in [-0.39, 0.29) is 16.8 Å². The van der Waals surface area contributed by atoms with Crippen molar-refractivity contribution in [3.63, 3.8) is 0 Å². The normalized spacial score (nSPS) is 25.1. The van der Waals surface area contributed by atoms with Gasteiger partial charge in [0.05, 0.1) is 10.9 Å². The van der Waals surface area contributed by atoms with Crippen LogP contribution in [0, 0.1) is 11.8 Å². The van der Waals surface area contributed by atoms with Crippen LogP contribution in [0.15, 0.2) is 29.2 Å². The van der Waals surface area contributed by atoms with E-state index in [9.17, 15) is 13.2 Å². The zero-order valence-corrected chi connectivity index (χ0v) is 17.2. The van der Waals surface area contributed by atoms with Gasteiger partial charge in [-0.2, -0.15) is 0 Å². The number of rotatable bonds is 6. The van der Waals surface area contributed by atoms with Crippen LogP contribution in [0.25, 0.3) is 0 Å². The van der Waals surface area contributed by atoms with Crippen molar-refractivity contribution in [3.05, 3.63) is 24.3 Å². The van der Waals surface area contributed by atoms with Crippen molar-refractivity contribution in [3.8, 4) is 0 Å². The summed E-state index contributed by atoms with van der Waals surface area (Å²) < 4.78 is 25.6. The van der Waals surface area contributed by atoms with Gasteiger partial charge in [0, 0.05) is 25.7 Å². The van der Waals surface area contributed by atoms with Crippen LogP contribution in [-0.2, 0) is 14.8 Å². The number of benzene rings is 1. The molecule has 0 spiro atoms. The molecule has 7 heteroatoms. The maximum Gasteiger partial charge on any atom is 0.282 e. The van der Waals surface area contributed by atoms with Crippen molar-refractivity contribution in [1.29, 1.82) is 0 Å². The molecule has 0 radical (unpaired) electrons. The summed E-state index contributed by atoms with van der Waals surface area (Å²) >= 11 is 0. The summed E-state index contributed by atoms with van der Waals surface area (Å²) in [6.07, 6.45) is 3.62. The van der Waals surface area contributed by atoms with Gasteiger partial charge in [-0.3, -0.25) is 4.79 Å². The number of quaternary nitrogens is 1. The molecular formula is C19H32N3O3S+. The minimum Gasteiger partial charge on any atom is -0.334 e. The SMILES string of the molecule is C[C@@H]1[C@H](C)CCC[C@H]1[NH2+][C@@H](C)C(=O)Nc1cccc(S(=O)(=O)N(C)C)c1. The molecule has 0 aliphatic heterocycles. The first-order valence-corrected chi connectivity index (χ1v) is 10.8. The lowest BCUT2D eigenvalue weighted by molar-refractivity contribution is -0.715. The molecule has 1 saturated carbocycles. The van der Waals surface area contributed by atoms with Gasteiger partial charge < -0.3 is 10.6 Å². The quantitative estimate of drug-likeness (QED) is 0.785. The summed E-state index contributed by atoms with van der Waals surface area (Å²) in [4.78, 5) is 12.7. The molecule has 26 heavy (non-hydrogen) atoms. The smallest absolute Gasteiger partial charge is 0.282 e.